The summed E-state index contributed by atoms with van der Waals surface area (Å²) in [5, 5.41) is 4.48. The first kappa shape index (κ1) is 13.2. The summed E-state index contributed by atoms with van der Waals surface area (Å²) in [4.78, 5) is 0. The lowest BCUT2D eigenvalue weighted by atomic mass is 9.77. The summed E-state index contributed by atoms with van der Waals surface area (Å²) >= 11 is 6.18. The van der Waals surface area contributed by atoms with Crippen LogP contribution < -0.4 is 5.32 Å². The Morgan fingerprint density at radius 2 is 1.95 bits per heavy atom. The molecule has 2 aromatic rings. The Morgan fingerprint density at radius 1 is 1.10 bits per heavy atom. The van der Waals surface area contributed by atoms with Crippen molar-refractivity contribution in [1.29, 1.82) is 0 Å². The highest BCUT2D eigenvalue weighted by atomic mass is 35.5. The normalized spacial score (nSPS) is 27.4. The molecule has 3 heteroatoms. The number of rotatable bonds is 1. The minimum atomic E-state index is 0.152. The van der Waals surface area contributed by atoms with Crippen molar-refractivity contribution in [3.8, 4) is 0 Å². The van der Waals surface area contributed by atoms with Gasteiger partial charge in [0, 0.05) is 28.8 Å². The molecule has 0 aromatic heterocycles. The van der Waals surface area contributed by atoms with Crippen LogP contribution in [0.25, 0.3) is 0 Å². The van der Waals surface area contributed by atoms with Gasteiger partial charge in [0.1, 0.15) is 0 Å². The molecule has 1 saturated heterocycles. The van der Waals surface area contributed by atoms with Gasteiger partial charge in [0.2, 0.25) is 0 Å². The second-order valence-corrected chi connectivity index (χ2v) is 6.30. The molecule has 1 fully saturated rings. The molecule has 0 aliphatic carbocycles. The Hall–Kier alpha value is -1.51. The van der Waals surface area contributed by atoms with E-state index in [1.807, 2.05) is 12.1 Å². The second-order valence-electron chi connectivity index (χ2n) is 5.86. The maximum absolute atomic E-state index is 6.18. The zero-order valence-corrected chi connectivity index (χ0v) is 12.5. The summed E-state index contributed by atoms with van der Waals surface area (Å²) < 4.78 is 6.12. The molecule has 4 rings (SSSR count). The standard InChI is InChI=1S/C18H18ClNO/c19-13-8-9-16-15(11-13)18-14(7-4-10-21-18)17(20-16)12-5-2-1-3-6-12/h1-3,5-6,8-9,11,14,17-18,20H,4,7,10H2/t14-,17-,18-/m0/s1. The topological polar surface area (TPSA) is 21.3 Å². The molecular weight excluding hydrogens is 282 g/mol. The molecular formula is C18H18ClNO. The molecule has 0 bridgehead atoms. The number of hydrogen-bond donors (Lipinski definition) is 1. The van der Waals surface area contributed by atoms with Gasteiger partial charge in [-0.3, -0.25) is 0 Å². The average Bonchev–Trinajstić information content (AvgIpc) is 2.55. The molecule has 0 unspecified atom stereocenters. The third-order valence-electron chi connectivity index (χ3n) is 4.59. The maximum Gasteiger partial charge on any atom is 0.0896 e. The van der Waals surface area contributed by atoms with E-state index in [0.717, 1.165) is 23.7 Å². The number of benzene rings is 2. The van der Waals surface area contributed by atoms with E-state index in [2.05, 4.69) is 41.7 Å². The first-order valence-electron chi connectivity index (χ1n) is 7.55. The van der Waals surface area contributed by atoms with E-state index >= 15 is 0 Å². The number of nitrogens with one attached hydrogen (secondary N) is 1. The van der Waals surface area contributed by atoms with Crippen LogP contribution in [0.2, 0.25) is 5.02 Å². The zero-order valence-electron chi connectivity index (χ0n) is 11.8. The van der Waals surface area contributed by atoms with E-state index in [4.69, 9.17) is 16.3 Å². The summed E-state index contributed by atoms with van der Waals surface area (Å²) in [5.41, 5.74) is 3.69. The molecule has 2 heterocycles. The van der Waals surface area contributed by atoms with Crippen LogP contribution in [0.4, 0.5) is 5.69 Å². The average molecular weight is 300 g/mol. The van der Waals surface area contributed by atoms with Crippen molar-refractivity contribution in [2.75, 3.05) is 11.9 Å². The van der Waals surface area contributed by atoms with Crippen molar-refractivity contribution in [1.82, 2.24) is 0 Å². The van der Waals surface area contributed by atoms with Gasteiger partial charge >= 0.3 is 0 Å². The van der Waals surface area contributed by atoms with Gasteiger partial charge in [0.15, 0.2) is 0 Å². The summed E-state index contributed by atoms with van der Waals surface area (Å²) in [6.45, 7) is 0.842. The Balaban J connectivity index is 1.79. The van der Waals surface area contributed by atoms with Crippen molar-refractivity contribution >= 4 is 17.3 Å². The molecule has 108 valence electrons. The van der Waals surface area contributed by atoms with Gasteiger partial charge in [-0.15, -0.1) is 0 Å². The molecule has 0 saturated carbocycles. The van der Waals surface area contributed by atoms with Crippen molar-refractivity contribution < 1.29 is 4.74 Å². The van der Waals surface area contributed by atoms with Gasteiger partial charge in [-0.25, -0.2) is 0 Å². The molecule has 2 nitrogen and oxygen atoms in total. The highest BCUT2D eigenvalue weighted by molar-refractivity contribution is 6.30. The van der Waals surface area contributed by atoms with E-state index in [0.29, 0.717) is 12.0 Å². The Bertz CT molecular complexity index is 643. The van der Waals surface area contributed by atoms with Gasteiger partial charge in [-0.1, -0.05) is 41.9 Å². The van der Waals surface area contributed by atoms with Gasteiger partial charge in [-0.2, -0.15) is 0 Å². The van der Waals surface area contributed by atoms with Crippen LogP contribution in [0.3, 0.4) is 0 Å². The molecule has 2 aromatic carbocycles. The molecule has 0 amide bonds. The van der Waals surface area contributed by atoms with Crippen molar-refractivity contribution in [2.45, 2.75) is 25.0 Å². The zero-order chi connectivity index (χ0) is 14.2. The van der Waals surface area contributed by atoms with Gasteiger partial charge in [0.05, 0.1) is 12.1 Å². The highest BCUT2D eigenvalue weighted by Gasteiger charge is 2.39. The first-order valence-corrected chi connectivity index (χ1v) is 7.93. The predicted octanol–water partition coefficient (Wildman–Crippen LogP) is 4.97. The Kier molecular flexibility index (Phi) is 3.36. The van der Waals surface area contributed by atoms with Crippen LogP contribution in [0.1, 0.15) is 36.1 Å². The fourth-order valence-electron chi connectivity index (χ4n) is 3.63. The number of hydrogen-bond acceptors (Lipinski definition) is 2. The minimum Gasteiger partial charge on any atom is -0.378 e. The lowest BCUT2D eigenvalue weighted by Crippen LogP contribution is -2.35. The largest absolute Gasteiger partial charge is 0.378 e. The fourth-order valence-corrected chi connectivity index (χ4v) is 3.81. The van der Waals surface area contributed by atoms with Crippen LogP contribution in [0.5, 0.6) is 0 Å². The molecule has 2 aliphatic heterocycles. The fraction of sp³-hybridized carbons (Fsp3) is 0.333. The lowest BCUT2D eigenvalue weighted by molar-refractivity contribution is -0.0381. The van der Waals surface area contributed by atoms with Crippen LogP contribution >= 0.6 is 11.6 Å². The van der Waals surface area contributed by atoms with Crippen molar-refractivity contribution in [3.63, 3.8) is 0 Å². The van der Waals surface area contributed by atoms with Gasteiger partial charge < -0.3 is 10.1 Å². The monoisotopic (exact) mass is 299 g/mol. The predicted molar refractivity (Wildman–Crippen MR) is 85.7 cm³/mol. The van der Waals surface area contributed by atoms with E-state index in [1.165, 1.54) is 17.5 Å². The minimum absolute atomic E-state index is 0.152. The van der Waals surface area contributed by atoms with Crippen LogP contribution in [-0.2, 0) is 4.74 Å². The molecule has 0 spiro atoms. The summed E-state index contributed by atoms with van der Waals surface area (Å²) in [5.74, 6) is 0.465. The Morgan fingerprint density at radius 3 is 2.81 bits per heavy atom. The van der Waals surface area contributed by atoms with E-state index in [-0.39, 0.29) is 6.10 Å². The molecule has 21 heavy (non-hydrogen) atoms. The molecule has 2 aliphatic rings. The third-order valence-corrected chi connectivity index (χ3v) is 4.82. The van der Waals surface area contributed by atoms with Crippen LogP contribution in [0.15, 0.2) is 48.5 Å². The van der Waals surface area contributed by atoms with Crippen molar-refractivity contribution in [3.05, 3.63) is 64.7 Å². The second kappa shape index (κ2) is 5.36. The van der Waals surface area contributed by atoms with Crippen LogP contribution in [-0.4, -0.2) is 6.61 Å². The van der Waals surface area contributed by atoms with E-state index in [1.54, 1.807) is 0 Å². The van der Waals surface area contributed by atoms with Crippen molar-refractivity contribution in [2.24, 2.45) is 5.92 Å². The summed E-state index contributed by atoms with van der Waals surface area (Å²) in [6.07, 6.45) is 2.46. The third kappa shape index (κ3) is 2.33. The summed E-state index contributed by atoms with van der Waals surface area (Å²) in [6, 6.07) is 17.0. The SMILES string of the molecule is Clc1ccc2c(c1)[C@H]1OCCC[C@H]1[C@H](c1ccccc1)N2. The Labute approximate surface area is 130 Å². The van der Waals surface area contributed by atoms with E-state index < -0.39 is 0 Å². The number of fused-ring (bicyclic) bond motifs is 3. The molecule has 1 N–H and O–H groups in total. The summed E-state index contributed by atoms with van der Waals surface area (Å²) in [7, 11) is 0. The number of halogens is 1. The first-order chi connectivity index (χ1) is 10.3. The smallest absolute Gasteiger partial charge is 0.0896 e. The molecule has 3 atom stereocenters. The lowest BCUT2D eigenvalue weighted by Gasteiger charge is -2.43. The number of ether oxygens (including phenoxy) is 1. The highest BCUT2D eigenvalue weighted by Crippen LogP contribution is 2.49. The van der Waals surface area contributed by atoms with Crippen LogP contribution in [0, 0.1) is 5.92 Å². The van der Waals surface area contributed by atoms with E-state index in [9.17, 15) is 0 Å². The van der Waals surface area contributed by atoms with Gasteiger partial charge in [-0.05, 0) is 36.6 Å². The molecule has 0 radical (unpaired) electrons. The van der Waals surface area contributed by atoms with Gasteiger partial charge in [0.25, 0.3) is 0 Å². The quantitative estimate of drug-likeness (QED) is 0.802. The number of anilines is 1. The maximum atomic E-state index is 6.18.